The van der Waals surface area contributed by atoms with Crippen LogP contribution in [0.2, 0.25) is 5.02 Å². The molecule has 2 aromatic carbocycles. The molecule has 27 heavy (non-hydrogen) atoms. The van der Waals surface area contributed by atoms with Gasteiger partial charge in [0.25, 0.3) is 0 Å². The lowest BCUT2D eigenvalue weighted by Crippen LogP contribution is -2.46. The molecule has 0 aromatic heterocycles. The number of halogens is 2. The third-order valence-corrected chi connectivity index (χ3v) is 6.40. The second-order valence-corrected chi connectivity index (χ2v) is 7.90. The van der Waals surface area contributed by atoms with Crippen molar-refractivity contribution >= 4 is 33.6 Å². The summed E-state index contributed by atoms with van der Waals surface area (Å²) < 4.78 is 12.5. The first-order chi connectivity index (χ1) is 13.0. The van der Waals surface area contributed by atoms with E-state index in [4.69, 9.17) is 21.1 Å². The van der Waals surface area contributed by atoms with E-state index in [-0.39, 0.29) is 5.92 Å². The average molecular weight is 453 g/mol. The van der Waals surface area contributed by atoms with E-state index in [1.165, 1.54) is 0 Å². The number of rotatable bonds is 6. The highest BCUT2D eigenvalue weighted by Crippen LogP contribution is 2.53. The molecule has 144 valence electrons. The highest BCUT2D eigenvalue weighted by atomic mass is 79.9. The van der Waals surface area contributed by atoms with Gasteiger partial charge >= 0.3 is 6.09 Å². The van der Waals surface area contributed by atoms with Crippen LogP contribution in [0.1, 0.15) is 43.7 Å². The highest BCUT2D eigenvalue weighted by Gasteiger charge is 2.49. The van der Waals surface area contributed by atoms with Crippen molar-refractivity contribution in [3.8, 4) is 5.75 Å². The molecule has 0 saturated carbocycles. The molecule has 4 nitrogen and oxygen atoms in total. The van der Waals surface area contributed by atoms with E-state index in [9.17, 15) is 4.79 Å². The first kappa shape index (κ1) is 20.0. The van der Waals surface area contributed by atoms with Gasteiger partial charge in [0, 0.05) is 16.0 Å². The SMILES string of the molecule is CCCCOC(=O)NC[C@]1(c2ccccc2)Oc2ccc(Cl)c(Br)c2[C@@H]1C. The van der Waals surface area contributed by atoms with E-state index in [0.717, 1.165) is 34.2 Å². The summed E-state index contributed by atoms with van der Waals surface area (Å²) in [6, 6.07) is 13.6. The second-order valence-electron chi connectivity index (χ2n) is 6.70. The molecule has 0 spiro atoms. The van der Waals surface area contributed by atoms with Gasteiger partial charge in [0.2, 0.25) is 0 Å². The van der Waals surface area contributed by atoms with Crippen molar-refractivity contribution < 1.29 is 14.3 Å². The number of hydrogen-bond donors (Lipinski definition) is 1. The summed E-state index contributed by atoms with van der Waals surface area (Å²) in [5, 5.41) is 3.53. The first-order valence-corrected chi connectivity index (χ1v) is 10.3. The van der Waals surface area contributed by atoms with Gasteiger partial charge in [0.05, 0.1) is 18.2 Å². The largest absolute Gasteiger partial charge is 0.480 e. The fourth-order valence-electron chi connectivity index (χ4n) is 3.44. The number of carbonyl (C=O) groups excluding carboxylic acids is 1. The predicted molar refractivity (Wildman–Crippen MR) is 111 cm³/mol. The second kappa shape index (κ2) is 8.53. The predicted octanol–water partition coefficient (Wildman–Crippen LogP) is 6.02. The van der Waals surface area contributed by atoms with Crippen LogP contribution in [0.5, 0.6) is 5.75 Å². The summed E-state index contributed by atoms with van der Waals surface area (Å²) in [5.74, 6) is 0.739. The summed E-state index contributed by atoms with van der Waals surface area (Å²) in [5.41, 5.74) is 1.26. The third kappa shape index (κ3) is 3.94. The Bertz CT molecular complexity index is 815. The van der Waals surface area contributed by atoms with Gasteiger partial charge in [-0.3, -0.25) is 0 Å². The molecule has 2 aromatic rings. The molecule has 6 heteroatoms. The zero-order chi connectivity index (χ0) is 19.4. The quantitative estimate of drug-likeness (QED) is 0.545. The minimum absolute atomic E-state index is 0.0288. The number of carbonyl (C=O) groups is 1. The molecule has 1 aliphatic rings. The lowest BCUT2D eigenvalue weighted by atomic mass is 9.80. The van der Waals surface area contributed by atoms with Crippen LogP contribution in [0.15, 0.2) is 46.9 Å². The Balaban J connectivity index is 1.90. The molecule has 3 rings (SSSR count). The van der Waals surface area contributed by atoms with Gasteiger partial charge in [0.15, 0.2) is 5.60 Å². The summed E-state index contributed by atoms with van der Waals surface area (Å²) >= 11 is 9.90. The summed E-state index contributed by atoms with van der Waals surface area (Å²) in [4.78, 5) is 12.1. The van der Waals surface area contributed by atoms with E-state index in [2.05, 4.69) is 35.1 Å². The van der Waals surface area contributed by atoms with Crippen LogP contribution >= 0.6 is 27.5 Å². The Hall–Kier alpha value is -1.72. The minimum atomic E-state index is -0.736. The summed E-state index contributed by atoms with van der Waals surface area (Å²) in [6.07, 6.45) is 1.40. The van der Waals surface area contributed by atoms with Crippen LogP contribution < -0.4 is 10.1 Å². The van der Waals surface area contributed by atoms with Gasteiger partial charge in [0.1, 0.15) is 5.75 Å². The maximum atomic E-state index is 12.1. The van der Waals surface area contributed by atoms with Crippen molar-refractivity contribution in [1.82, 2.24) is 5.32 Å². The fourth-order valence-corrected chi connectivity index (χ4v) is 4.28. The zero-order valence-electron chi connectivity index (χ0n) is 15.4. The van der Waals surface area contributed by atoms with E-state index in [1.54, 1.807) is 0 Å². The molecule has 0 fully saturated rings. The molecule has 0 saturated heterocycles. The minimum Gasteiger partial charge on any atom is -0.480 e. The molecule has 1 N–H and O–H groups in total. The number of alkyl carbamates (subject to hydrolysis) is 1. The molecular weight excluding hydrogens is 430 g/mol. The smallest absolute Gasteiger partial charge is 0.407 e. The van der Waals surface area contributed by atoms with Crippen molar-refractivity contribution in [3.05, 3.63) is 63.1 Å². The normalized spacial score (nSPS) is 20.7. The van der Waals surface area contributed by atoms with Crippen LogP contribution in [0, 0.1) is 0 Å². The maximum Gasteiger partial charge on any atom is 0.407 e. The molecule has 0 aliphatic carbocycles. The molecule has 0 bridgehead atoms. The number of fused-ring (bicyclic) bond motifs is 1. The van der Waals surface area contributed by atoms with Crippen molar-refractivity contribution in [3.63, 3.8) is 0 Å². The van der Waals surface area contributed by atoms with Crippen molar-refractivity contribution in [2.24, 2.45) is 0 Å². The van der Waals surface area contributed by atoms with Crippen molar-refractivity contribution in [1.29, 1.82) is 0 Å². The van der Waals surface area contributed by atoms with E-state index in [1.807, 2.05) is 42.5 Å². The topological polar surface area (TPSA) is 47.6 Å². The lowest BCUT2D eigenvalue weighted by Gasteiger charge is -2.33. The lowest BCUT2D eigenvalue weighted by molar-refractivity contribution is 0.0651. The Morgan fingerprint density at radius 3 is 2.74 bits per heavy atom. The number of amides is 1. The van der Waals surface area contributed by atoms with Gasteiger partial charge in [-0.1, -0.05) is 62.2 Å². The third-order valence-electron chi connectivity index (χ3n) is 5.01. The van der Waals surface area contributed by atoms with Crippen LogP contribution in [0.25, 0.3) is 0 Å². The Kier molecular flexibility index (Phi) is 6.33. The standard InChI is InChI=1S/C21H23BrClNO3/c1-3-4-12-26-20(25)24-13-21(15-8-6-5-7-9-15)14(2)18-17(27-21)11-10-16(23)19(18)22/h5-11,14H,3-4,12-13H2,1-2H3,(H,24,25)/t14-,21-/m0/s1. The van der Waals surface area contributed by atoms with Crippen LogP contribution in [-0.4, -0.2) is 19.2 Å². The molecule has 1 aliphatic heterocycles. The Labute approximate surface area is 173 Å². The Morgan fingerprint density at radius 2 is 2.04 bits per heavy atom. The monoisotopic (exact) mass is 451 g/mol. The van der Waals surface area contributed by atoms with E-state index >= 15 is 0 Å². The maximum absolute atomic E-state index is 12.1. The fraction of sp³-hybridized carbons (Fsp3) is 0.381. The molecule has 1 amide bonds. The van der Waals surface area contributed by atoms with Gasteiger partial charge in [-0.15, -0.1) is 0 Å². The molecular formula is C21H23BrClNO3. The van der Waals surface area contributed by atoms with E-state index < -0.39 is 11.7 Å². The number of hydrogen-bond acceptors (Lipinski definition) is 3. The Morgan fingerprint density at radius 1 is 1.30 bits per heavy atom. The van der Waals surface area contributed by atoms with Crippen molar-refractivity contribution in [2.75, 3.05) is 13.2 Å². The first-order valence-electron chi connectivity index (χ1n) is 9.12. The van der Waals surface area contributed by atoms with Crippen LogP contribution in [0.3, 0.4) is 0 Å². The highest BCUT2D eigenvalue weighted by molar-refractivity contribution is 9.10. The summed E-state index contributed by atoms with van der Waals surface area (Å²) in [7, 11) is 0. The molecule has 1 heterocycles. The van der Waals surface area contributed by atoms with Gasteiger partial charge in [-0.05, 0) is 40.0 Å². The zero-order valence-corrected chi connectivity index (χ0v) is 17.8. The number of nitrogens with one attached hydrogen (secondary N) is 1. The summed E-state index contributed by atoms with van der Waals surface area (Å²) in [6.45, 7) is 4.85. The number of ether oxygens (including phenoxy) is 2. The van der Waals surface area contributed by atoms with Gasteiger partial charge in [-0.25, -0.2) is 4.79 Å². The molecule has 2 atom stereocenters. The van der Waals surface area contributed by atoms with Crippen molar-refractivity contribution in [2.45, 2.75) is 38.2 Å². The average Bonchev–Trinajstić information content (AvgIpc) is 2.97. The molecule has 0 unspecified atom stereocenters. The van der Waals surface area contributed by atoms with Gasteiger partial charge in [-0.2, -0.15) is 0 Å². The number of benzene rings is 2. The number of unbranched alkanes of at least 4 members (excludes halogenated alkanes) is 1. The van der Waals surface area contributed by atoms with Crippen LogP contribution in [-0.2, 0) is 10.3 Å². The van der Waals surface area contributed by atoms with E-state index in [0.29, 0.717) is 18.2 Å². The molecule has 0 radical (unpaired) electrons. The van der Waals surface area contributed by atoms with Gasteiger partial charge < -0.3 is 14.8 Å². The van der Waals surface area contributed by atoms with Crippen LogP contribution in [0.4, 0.5) is 4.79 Å².